The monoisotopic (exact) mass is 281 g/mol. The van der Waals surface area contributed by atoms with Crippen molar-refractivity contribution in [2.24, 2.45) is 0 Å². The van der Waals surface area contributed by atoms with E-state index >= 15 is 0 Å². The molecule has 0 aliphatic heterocycles. The largest absolute Gasteiger partial charge is 0.474 e. The van der Waals surface area contributed by atoms with E-state index in [-0.39, 0.29) is 12.4 Å². The molecule has 0 aliphatic rings. The fraction of sp³-hybridized carbons (Fsp3) is 0.467. The molecule has 0 fully saturated rings. The van der Waals surface area contributed by atoms with Gasteiger partial charge in [0.25, 0.3) is 0 Å². The molecular weight excluding hydrogens is 261 g/mol. The van der Waals surface area contributed by atoms with E-state index in [1.54, 1.807) is 19.1 Å². The molecule has 0 spiro atoms. The Morgan fingerprint density at radius 3 is 2.55 bits per heavy atom. The normalized spacial score (nSPS) is 10.3. The fourth-order valence-electron chi connectivity index (χ4n) is 1.97. The summed E-state index contributed by atoms with van der Waals surface area (Å²) in [7, 11) is 0. The number of nitrogens with zero attached hydrogens (tertiary/aromatic N) is 1. The molecule has 1 aromatic rings. The highest BCUT2D eigenvalue weighted by Gasteiger charge is 2.20. The molecule has 0 unspecified atom stereocenters. The first-order valence-electron chi connectivity index (χ1n) is 6.73. The van der Waals surface area contributed by atoms with E-state index in [0.29, 0.717) is 12.1 Å². The molecular formula is C15H20FNO3. The van der Waals surface area contributed by atoms with Crippen molar-refractivity contribution in [3.05, 3.63) is 35.1 Å². The molecule has 0 aromatic heterocycles. The summed E-state index contributed by atoms with van der Waals surface area (Å²) < 4.78 is 13.2. The zero-order chi connectivity index (χ0) is 15.1. The third kappa shape index (κ3) is 4.64. The first kappa shape index (κ1) is 16.1. The number of carboxylic acid groups (broad SMARTS) is 1. The van der Waals surface area contributed by atoms with E-state index in [4.69, 9.17) is 5.11 Å². The van der Waals surface area contributed by atoms with Gasteiger partial charge in [0.2, 0.25) is 0 Å². The molecule has 0 aliphatic carbocycles. The number of rotatable bonds is 6. The van der Waals surface area contributed by atoms with Gasteiger partial charge in [0.1, 0.15) is 5.82 Å². The quantitative estimate of drug-likeness (QED) is 0.644. The summed E-state index contributed by atoms with van der Waals surface area (Å²) >= 11 is 0. The van der Waals surface area contributed by atoms with Crippen LogP contribution < -0.4 is 0 Å². The van der Waals surface area contributed by atoms with Crippen molar-refractivity contribution in [2.75, 3.05) is 6.54 Å². The lowest BCUT2D eigenvalue weighted by molar-refractivity contribution is -0.156. The number of amides is 1. The van der Waals surface area contributed by atoms with Crippen molar-refractivity contribution in [3.8, 4) is 0 Å². The molecule has 0 radical (unpaired) electrons. The zero-order valence-corrected chi connectivity index (χ0v) is 11.9. The van der Waals surface area contributed by atoms with Gasteiger partial charge in [0, 0.05) is 13.1 Å². The predicted octanol–water partition coefficient (Wildman–Crippen LogP) is 2.74. The van der Waals surface area contributed by atoms with Gasteiger partial charge >= 0.3 is 11.9 Å². The first-order chi connectivity index (χ1) is 9.45. The summed E-state index contributed by atoms with van der Waals surface area (Å²) in [6.07, 6.45) is 2.69. The summed E-state index contributed by atoms with van der Waals surface area (Å²) in [6.45, 7) is 4.26. The minimum absolute atomic E-state index is 0.190. The third-order valence-corrected chi connectivity index (χ3v) is 3.10. The molecule has 5 heteroatoms. The SMILES string of the molecule is CCCCCN(Cc1ccc(F)c(C)c1)C(=O)C(=O)O. The molecule has 4 nitrogen and oxygen atoms in total. The fourth-order valence-corrected chi connectivity index (χ4v) is 1.97. The third-order valence-electron chi connectivity index (χ3n) is 3.10. The van der Waals surface area contributed by atoms with Gasteiger partial charge in [-0.2, -0.15) is 0 Å². The van der Waals surface area contributed by atoms with Crippen LogP contribution in [0.4, 0.5) is 4.39 Å². The highest BCUT2D eigenvalue weighted by Crippen LogP contribution is 2.12. The van der Waals surface area contributed by atoms with Crippen LogP contribution in [0, 0.1) is 12.7 Å². The maximum Gasteiger partial charge on any atom is 0.394 e. The van der Waals surface area contributed by atoms with Crippen LogP contribution in [0.15, 0.2) is 18.2 Å². The van der Waals surface area contributed by atoms with Gasteiger partial charge in [-0.1, -0.05) is 31.9 Å². The Morgan fingerprint density at radius 2 is 2.00 bits per heavy atom. The van der Waals surface area contributed by atoms with E-state index in [1.807, 2.05) is 6.92 Å². The van der Waals surface area contributed by atoms with Crippen molar-refractivity contribution >= 4 is 11.9 Å². The van der Waals surface area contributed by atoms with E-state index in [9.17, 15) is 14.0 Å². The van der Waals surface area contributed by atoms with Crippen LogP contribution in [-0.2, 0) is 16.1 Å². The van der Waals surface area contributed by atoms with Gasteiger partial charge in [-0.25, -0.2) is 9.18 Å². The van der Waals surface area contributed by atoms with Crippen LogP contribution in [0.5, 0.6) is 0 Å². The predicted molar refractivity (Wildman–Crippen MR) is 73.7 cm³/mol. The second-order valence-corrected chi connectivity index (χ2v) is 4.82. The number of unbranched alkanes of at least 4 members (excludes halogenated alkanes) is 2. The van der Waals surface area contributed by atoms with Crippen molar-refractivity contribution in [3.63, 3.8) is 0 Å². The number of hydrogen-bond acceptors (Lipinski definition) is 2. The van der Waals surface area contributed by atoms with Crippen molar-refractivity contribution in [1.29, 1.82) is 0 Å². The highest BCUT2D eigenvalue weighted by atomic mass is 19.1. The summed E-state index contributed by atoms with van der Waals surface area (Å²) in [5, 5.41) is 8.83. The van der Waals surface area contributed by atoms with Gasteiger partial charge in [0.05, 0.1) is 0 Å². The van der Waals surface area contributed by atoms with Crippen molar-refractivity contribution in [2.45, 2.75) is 39.7 Å². The Morgan fingerprint density at radius 1 is 1.30 bits per heavy atom. The van der Waals surface area contributed by atoms with Crippen molar-refractivity contribution in [1.82, 2.24) is 4.90 Å². The molecule has 0 atom stereocenters. The molecule has 0 bridgehead atoms. The number of carbonyl (C=O) groups excluding carboxylic acids is 1. The van der Waals surface area contributed by atoms with E-state index in [1.165, 1.54) is 11.0 Å². The lowest BCUT2D eigenvalue weighted by Crippen LogP contribution is -2.36. The molecule has 1 rings (SSSR count). The topological polar surface area (TPSA) is 57.6 Å². The molecule has 0 saturated heterocycles. The highest BCUT2D eigenvalue weighted by molar-refractivity contribution is 6.31. The van der Waals surface area contributed by atoms with Gasteiger partial charge in [0.15, 0.2) is 0 Å². The summed E-state index contributed by atoms with van der Waals surface area (Å²) in [5.74, 6) is -2.68. The molecule has 1 aromatic carbocycles. The number of benzene rings is 1. The number of carboxylic acids is 1. The lowest BCUT2D eigenvalue weighted by atomic mass is 10.1. The Bertz CT molecular complexity index is 488. The van der Waals surface area contributed by atoms with Crippen LogP contribution in [0.3, 0.4) is 0 Å². The molecule has 110 valence electrons. The Hall–Kier alpha value is -1.91. The first-order valence-corrected chi connectivity index (χ1v) is 6.73. The molecule has 1 amide bonds. The summed E-state index contributed by atoms with van der Waals surface area (Å²) in [6, 6.07) is 4.54. The lowest BCUT2D eigenvalue weighted by Gasteiger charge is -2.21. The van der Waals surface area contributed by atoms with Gasteiger partial charge in [-0.3, -0.25) is 4.79 Å². The van der Waals surface area contributed by atoms with Gasteiger partial charge in [-0.05, 0) is 30.5 Å². The maximum absolute atomic E-state index is 13.2. The average molecular weight is 281 g/mol. The average Bonchev–Trinajstić information content (AvgIpc) is 2.41. The number of aliphatic carboxylic acids is 1. The van der Waals surface area contributed by atoms with E-state index in [0.717, 1.165) is 24.8 Å². The maximum atomic E-state index is 13.2. The number of hydrogen-bond donors (Lipinski definition) is 1. The van der Waals surface area contributed by atoms with Crippen LogP contribution >= 0.6 is 0 Å². The molecule has 0 saturated carbocycles. The van der Waals surface area contributed by atoms with Crippen LogP contribution in [0.1, 0.15) is 37.3 Å². The van der Waals surface area contributed by atoms with E-state index in [2.05, 4.69) is 0 Å². The number of aryl methyl sites for hydroxylation is 1. The Balaban J connectivity index is 2.79. The van der Waals surface area contributed by atoms with Crippen LogP contribution in [-0.4, -0.2) is 28.4 Å². The number of halogens is 1. The Labute approximate surface area is 118 Å². The minimum Gasteiger partial charge on any atom is -0.474 e. The second-order valence-electron chi connectivity index (χ2n) is 4.82. The van der Waals surface area contributed by atoms with E-state index < -0.39 is 11.9 Å². The van der Waals surface area contributed by atoms with Crippen LogP contribution in [0.2, 0.25) is 0 Å². The summed E-state index contributed by atoms with van der Waals surface area (Å²) in [4.78, 5) is 23.8. The molecule has 0 heterocycles. The minimum atomic E-state index is -1.46. The van der Waals surface area contributed by atoms with Crippen molar-refractivity contribution < 1.29 is 19.1 Å². The summed E-state index contributed by atoms with van der Waals surface area (Å²) in [5.41, 5.74) is 1.22. The molecule has 1 N–H and O–H groups in total. The molecule has 20 heavy (non-hydrogen) atoms. The van der Waals surface area contributed by atoms with Gasteiger partial charge < -0.3 is 10.0 Å². The standard InChI is InChI=1S/C15H20FNO3/c1-3-4-5-8-17(14(18)15(19)20)10-12-6-7-13(16)11(2)9-12/h6-7,9H,3-5,8,10H2,1-2H3,(H,19,20). The van der Waals surface area contributed by atoms with Gasteiger partial charge in [-0.15, -0.1) is 0 Å². The second kappa shape index (κ2) is 7.62. The smallest absolute Gasteiger partial charge is 0.394 e. The Kier molecular flexibility index (Phi) is 6.15. The van der Waals surface area contributed by atoms with Crippen LogP contribution in [0.25, 0.3) is 0 Å². The zero-order valence-electron chi connectivity index (χ0n) is 11.9. The number of carbonyl (C=O) groups is 2.